The molecule has 3 aromatic rings. The molecule has 2 unspecified atom stereocenters. The monoisotopic (exact) mass is 794 g/mol. The Morgan fingerprint density at radius 3 is 2.31 bits per heavy atom. The van der Waals surface area contributed by atoms with Crippen molar-refractivity contribution in [2.75, 3.05) is 26.2 Å². The Bertz CT molecular complexity index is 1930. The van der Waals surface area contributed by atoms with Gasteiger partial charge in [0.15, 0.2) is 0 Å². The van der Waals surface area contributed by atoms with E-state index in [2.05, 4.69) is 11.1 Å². The molecule has 1 aromatic carbocycles. The molecule has 4 heterocycles. The fourth-order valence-corrected chi connectivity index (χ4v) is 7.86. The number of halogens is 6. The van der Waals surface area contributed by atoms with Gasteiger partial charge in [0.1, 0.15) is 28.7 Å². The molecule has 2 aliphatic rings. The number of nitrogens with zero attached hydrogens (tertiary/aromatic N) is 4. The molecule has 17 heteroatoms. The van der Waals surface area contributed by atoms with Gasteiger partial charge >= 0.3 is 18.3 Å². The van der Waals surface area contributed by atoms with Gasteiger partial charge in [0, 0.05) is 49.3 Å². The number of hydrogen-bond donors (Lipinski definition) is 1. The maximum absolute atomic E-state index is 15.0. The van der Waals surface area contributed by atoms with Crippen LogP contribution in [0.1, 0.15) is 85.8 Å². The smallest absolute Gasteiger partial charge is 0.425 e. The highest BCUT2D eigenvalue weighted by Crippen LogP contribution is 2.45. The number of para-hydroxylation sites is 1. The van der Waals surface area contributed by atoms with Gasteiger partial charge in [0.05, 0.1) is 28.5 Å². The number of nitriles is 1. The number of pyridine rings is 1. The number of hydrogen-bond acceptors (Lipinski definition) is 8. The minimum atomic E-state index is -4.93. The van der Waals surface area contributed by atoms with E-state index in [-0.39, 0.29) is 64.1 Å². The number of benzene rings is 1. The number of aliphatic carboxylic acids is 1. The van der Waals surface area contributed by atoms with Crippen molar-refractivity contribution < 1.29 is 55.3 Å². The van der Waals surface area contributed by atoms with E-state index in [1.165, 1.54) is 18.7 Å². The molecule has 2 fully saturated rings. The number of alkyl halides is 6. The summed E-state index contributed by atoms with van der Waals surface area (Å²) in [4.78, 5) is 46.0. The van der Waals surface area contributed by atoms with E-state index in [1.807, 2.05) is 0 Å². The first-order valence-corrected chi connectivity index (χ1v) is 18.5. The fourth-order valence-electron chi connectivity index (χ4n) is 7.18. The zero-order valence-electron chi connectivity index (χ0n) is 30.3. The van der Waals surface area contributed by atoms with Crippen LogP contribution in [0.25, 0.3) is 0 Å². The summed E-state index contributed by atoms with van der Waals surface area (Å²) < 4.78 is 95.5. The number of carboxylic acid groups (broad SMARTS) is 1. The lowest BCUT2D eigenvalue weighted by Crippen LogP contribution is -2.68. The quantitative estimate of drug-likeness (QED) is 0.193. The van der Waals surface area contributed by atoms with Crippen LogP contribution < -0.4 is 9.47 Å². The SMILES string of the molecule is CCCC1N(C(=O)c2ncccc2C(F)(F)F)CCCC1(Oc1csc(C(F)(F)F)c1)C(=O)N1CCC(C#N)(c2ccccc2OCC(C)(C)C(=O)O)CC1. The van der Waals surface area contributed by atoms with E-state index in [1.54, 1.807) is 31.2 Å². The second-order valence-corrected chi connectivity index (χ2v) is 15.3. The summed E-state index contributed by atoms with van der Waals surface area (Å²) in [5.41, 5.74) is -6.10. The zero-order valence-corrected chi connectivity index (χ0v) is 31.1. The molecule has 0 radical (unpaired) electrons. The topological polar surface area (TPSA) is 133 Å². The van der Waals surface area contributed by atoms with Crippen molar-refractivity contribution >= 4 is 29.1 Å². The molecule has 2 aromatic heterocycles. The molecule has 0 saturated carbocycles. The Labute approximate surface area is 317 Å². The van der Waals surface area contributed by atoms with Gasteiger partial charge in [-0.25, -0.2) is 0 Å². The Morgan fingerprint density at radius 1 is 1.02 bits per heavy atom. The first-order valence-electron chi connectivity index (χ1n) is 17.6. The highest BCUT2D eigenvalue weighted by Gasteiger charge is 2.57. The first kappa shape index (κ1) is 41.3. The maximum Gasteiger partial charge on any atom is 0.425 e. The van der Waals surface area contributed by atoms with Gasteiger partial charge < -0.3 is 24.4 Å². The summed E-state index contributed by atoms with van der Waals surface area (Å²) in [6.45, 7) is 4.40. The fraction of sp³-hybridized carbons (Fsp3) is 0.500. The van der Waals surface area contributed by atoms with Crippen molar-refractivity contribution in [2.45, 2.75) is 88.7 Å². The molecule has 1 N–H and O–H groups in total. The van der Waals surface area contributed by atoms with Crippen LogP contribution in [0.4, 0.5) is 26.3 Å². The number of carbonyl (C=O) groups excluding carboxylic acids is 2. The highest BCUT2D eigenvalue weighted by molar-refractivity contribution is 7.10. The van der Waals surface area contributed by atoms with Crippen molar-refractivity contribution in [3.63, 3.8) is 0 Å². The van der Waals surface area contributed by atoms with Crippen LogP contribution in [-0.4, -0.2) is 75.6 Å². The molecule has 2 saturated heterocycles. The summed E-state index contributed by atoms with van der Waals surface area (Å²) in [7, 11) is 0. The molecular weight excluding hydrogens is 754 g/mol. The Kier molecular flexibility index (Phi) is 11.8. The average molecular weight is 795 g/mol. The Morgan fingerprint density at radius 2 is 1.71 bits per heavy atom. The number of thiophene rings is 1. The molecule has 2 amide bonds. The first-order chi connectivity index (χ1) is 25.8. The minimum absolute atomic E-state index is 0.0326. The molecule has 2 aliphatic heterocycles. The predicted octanol–water partition coefficient (Wildman–Crippen LogP) is 7.98. The molecule has 0 aliphatic carbocycles. The lowest BCUT2D eigenvalue weighted by atomic mass is 9.72. The van der Waals surface area contributed by atoms with Crippen LogP contribution in [0, 0.1) is 16.7 Å². The number of ether oxygens (including phenoxy) is 2. The van der Waals surface area contributed by atoms with E-state index < -0.39 is 68.7 Å². The Hall–Kier alpha value is -4.85. The van der Waals surface area contributed by atoms with E-state index in [0.717, 1.165) is 34.7 Å². The molecule has 5 rings (SSSR count). The highest BCUT2D eigenvalue weighted by atomic mass is 32.1. The molecule has 2 atom stereocenters. The van der Waals surface area contributed by atoms with Gasteiger partial charge in [-0.15, -0.1) is 11.3 Å². The summed E-state index contributed by atoms with van der Waals surface area (Å²) >= 11 is 0.352. The van der Waals surface area contributed by atoms with Crippen molar-refractivity contribution in [1.29, 1.82) is 5.26 Å². The minimum Gasteiger partial charge on any atom is -0.492 e. The molecule has 0 bridgehead atoms. The third-order valence-corrected chi connectivity index (χ3v) is 11.2. The van der Waals surface area contributed by atoms with E-state index in [9.17, 15) is 51.1 Å². The lowest BCUT2D eigenvalue weighted by Gasteiger charge is -2.51. The van der Waals surface area contributed by atoms with Crippen molar-refractivity contribution in [2.24, 2.45) is 5.41 Å². The summed E-state index contributed by atoms with van der Waals surface area (Å²) in [5.74, 6) is -2.84. The number of carboxylic acids is 1. The number of aromatic nitrogens is 1. The van der Waals surface area contributed by atoms with Gasteiger partial charge in [-0.1, -0.05) is 31.5 Å². The Balaban J connectivity index is 1.52. The van der Waals surface area contributed by atoms with Crippen LogP contribution in [0.2, 0.25) is 0 Å². The second-order valence-electron chi connectivity index (χ2n) is 14.4. The van der Waals surface area contributed by atoms with Gasteiger partial charge in [0.25, 0.3) is 11.8 Å². The molecule has 0 spiro atoms. The molecule has 296 valence electrons. The number of rotatable bonds is 11. The summed E-state index contributed by atoms with van der Waals surface area (Å²) in [5, 5.41) is 21.2. The number of likely N-dealkylation sites (tertiary alicyclic amines) is 2. The van der Waals surface area contributed by atoms with Crippen LogP contribution in [0.5, 0.6) is 11.5 Å². The van der Waals surface area contributed by atoms with Crippen LogP contribution in [-0.2, 0) is 27.4 Å². The van der Waals surface area contributed by atoms with Crippen LogP contribution in [0.3, 0.4) is 0 Å². The van der Waals surface area contributed by atoms with Gasteiger partial charge in [-0.05, 0) is 57.7 Å². The van der Waals surface area contributed by atoms with Crippen molar-refractivity contribution in [3.8, 4) is 17.6 Å². The number of piperidine rings is 2. The number of carbonyl (C=O) groups is 3. The van der Waals surface area contributed by atoms with E-state index in [4.69, 9.17) is 9.47 Å². The summed E-state index contributed by atoms with van der Waals surface area (Å²) in [6.07, 6.45) is -8.07. The van der Waals surface area contributed by atoms with Crippen LogP contribution in [0.15, 0.2) is 54.0 Å². The second kappa shape index (κ2) is 15.7. The third-order valence-electron chi connectivity index (χ3n) is 10.2. The maximum atomic E-state index is 15.0. The predicted molar refractivity (Wildman–Crippen MR) is 187 cm³/mol. The normalized spacial score (nSPS) is 20.4. The molecular formula is C38H40F6N4O6S. The third kappa shape index (κ3) is 8.39. The van der Waals surface area contributed by atoms with E-state index in [0.29, 0.717) is 29.1 Å². The molecule has 55 heavy (non-hydrogen) atoms. The van der Waals surface area contributed by atoms with Crippen molar-refractivity contribution in [3.05, 3.63) is 75.7 Å². The zero-order chi connectivity index (χ0) is 40.4. The van der Waals surface area contributed by atoms with Gasteiger partial charge in [-0.2, -0.15) is 31.6 Å². The number of amides is 2. The molecule has 10 nitrogen and oxygen atoms in total. The van der Waals surface area contributed by atoms with Crippen LogP contribution >= 0.6 is 11.3 Å². The average Bonchev–Trinajstić information content (AvgIpc) is 3.63. The van der Waals surface area contributed by atoms with Gasteiger partial charge in [-0.3, -0.25) is 19.4 Å². The van der Waals surface area contributed by atoms with Gasteiger partial charge in [0.2, 0.25) is 5.60 Å². The summed E-state index contributed by atoms with van der Waals surface area (Å²) in [6, 6.07) is 10.4. The lowest BCUT2D eigenvalue weighted by molar-refractivity contribution is -0.160. The van der Waals surface area contributed by atoms with Crippen molar-refractivity contribution in [1.82, 2.24) is 14.8 Å². The van der Waals surface area contributed by atoms with E-state index >= 15 is 0 Å². The standard InChI is InChI=1S/C38H40F6N4O6S/c1-4-9-28-36(54-24-20-29(55-21-24)38(42,43)44,13-8-17-48(28)31(49)30-26(37(39,40)41)11-7-16-46-30)32(50)47-18-14-35(22-45,15-19-47)25-10-5-6-12-27(25)53-23-34(2,3)33(51)52/h5-7,10-12,16,20-21,28H,4,8-9,13-15,17-19,23H2,1-3H3,(H,51,52). The largest absolute Gasteiger partial charge is 0.492 e.